The SMILES string of the molecule is Cl.Cl.O=C(CNC(=O)c1ccccn1)NCCN1CCNCC1. The van der Waals surface area contributed by atoms with Crippen LogP contribution in [0, 0.1) is 0 Å². The van der Waals surface area contributed by atoms with Gasteiger partial charge in [0.1, 0.15) is 5.69 Å². The summed E-state index contributed by atoms with van der Waals surface area (Å²) in [6, 6.07) is 5.08. The molecule has 0 bridgehead atoms. The first-order chi connectivity index (χ1) is 10.3. The van der Waals surface area contributed by atoms with E-state index in [4.69, 9.17) is 0 Å². The second-order valence-electron chi connectivity index (χ2n) is 4.84. The third kappa shape index (κ3) is 8.13. The number of nitrogens with one attached hydrogen (secondary N) is 3. The maximum atomic E-state index is 11.7. The molecule has 1 fully saturated rings. The summed E-state index contributed by atoms with van der Waals surface area (Å²) in [5, 5.41) is 8.63. The molecule has 0 unspecified atom stereocenters. The van der Waals surface area contributed by atoms with Crippen molar-refractivity contribution in [2.24, 2.45) is 0 Å². The Hall–Kier alpha value is -1.41. The molecule has 2 rings (SSSR count). The van der Waals surface area contributed by atoms with E-state index in [0.717, 1.165) is 32.7 Å². The van der Waals surface area contributed by atoms with Gasteiger partial charge in [0, 0.05) is 45.5 Å². The maximum Gasteiger partial charge on any atom is 0.270 e. The van der Waals surface area contributed by atoms with Crippen LogP contribution in [0.15, 0.2) is 24.4 Å². The van der Waals surface area contributed by atoms with Crippen LogP contribution in [0.4, 0.5) is 0 Å². The smallest absolute Gasteiger partial charge is 0.270 e. The highest BCUT2D eigenvalue weighted by Gasteiger charge is 2.10. The number of nitrogens with zero attached hydrogens (tertiary/aromatic N) is 2. The fraction of sp³-hybridized carbons (Fsp3) is 0.500. The van der Waals surface area contributed by atoms with Gasteiger partial charge >= 0.3 is 0 Å². The summed E-state index contributed by atoms with van der Waals surface area (Å²) in [5.74, 6) is -0.526. The number of amides is 2. The van der Waals surface area contributed by atoms with Crippen molar-refractivity contribution in [3.63, 3.8) is 0 Å². The molecule has 0 saturated carbocycles. The molecule has 1 saturated heterocycles. The van der Waals surface area contributed by atoms with E-state index >= 15 is 0 Å². The number of hydrogen-bond donors (Lipinski definition) is 3. The van der Waals surface area contributed by atoms with Crippen molar-refractivity contribution >= 4 is 36.6 Å². The molecule has 0 aliphatic carbocycles. The van der Waals surface area contributed by atoms with Crippen molar-refractivity contribution in [2.75, 3.05) is 45.8 Å². The molecule has 2 amide bonds. The van der Waals surface area contributed by atoms with Crippen LogP contribution < -0.4 is 16.0 Å². The molecule has 7 nitrogen and oxygen atoms in total. The summed E-state index contributed by atoms with van der Waals surface area (Å²) in [4.78, 5) is 29.6. The Morgan fingerprint density at radius 1 is 1.17 bits per heavy atom. The normalized spacial score (nSPS) is 14.1. The second-order valence-corrected chi connectivity index (χ2v) is 4.84. The van der Waals surface area contributed by atoms with Gasteiger partial charge < -0.3 is 16.0 Å². The summed E-state index contributed by atoms with van der Waals surface area (Å²) >= 11 is 0. The number of carbonyl (C=O) groups excluding carboxylic acids is 2. The van der Waals surface area contributed by atoms with Crippen LogP contribution in [0.1, 0.15) is 10.5 Å². The molecule has 23 heavy (non-hydrogen) atoms. The van der Waals surface area contributed by atoms with Gasteiger partial charge in [-0.3, -0.25) is 19.5 Å². The quantitative estimate of drug-likeness (QED) is 0.644. The van der Waals surface area contributed by atoms with Crippen LogP contribution in [0.5, 0.6) is 0 Å². The van der Waals surface area contributed by atoms with E-state index in [9.17, 15) is 9.59 Å². The molecule has 0 aromatic carbocycles. The van der Waals surface area contributed by atoms with E-state index in [1.54, 1.807) is 24.4 Å². The number of aromatic nitrogens is 1. The lowest BCUT2D eigenvalue weighted by Gasteiger charge is -2.27. The fourth-order valence-electron chi connectivity index (χ4n) is 2.10. The average Bonchev–Trinajstić information content (AvgIpc) is 2.54. The zero-order valence-corrected chi connectivity index (χ0v) is 14.4. The van der Waals surface area contributed by atoms with Gasteiger partial charge in [-0.05, 0) is 12.1 Å². The van der Waals surface area contributed by atoms with Crippen LogP contribution in [0.3, 0.4) is 0 Å². The number of pyridine rings is 1. The number of rotatable bonds is 6. The topological polar surface area (TPSA) is 86.4 Å². The summed E-state index contributed by atoms with van der Waals surface area (Å²) in [7, 11) is 0. The molecular weight excluding hydrogens is 341 g/mol. The first-order valence-electron chi connectivity index (χ1n) is 7.15. The number of halogens is 2. The summed E-state index contributed by atoms with van der Waals surface area (Å²) in [6.45, 7) is 5.40. The molecule has 1 aliphatic heterocycles. The molecular formula is C14H23Cl2N5O2. The molecule has 3 N–H and O–H groups in total. The molecule has 130 valence electrons. The summed E-state index contributed by atoms with van der Waals surface area (Å²) < 4.78 is 0. The Morgan fingerprint density at radius 2 is 1.91 bits per heavy atom. The van der Waals surface area contributed by atoms with Gasteiger partial charge in [-0.1, -0.05) is 6.07 Å². The number of carbonyl (C=O) groups is 2. The molecule has 0 radical (unpaired) electrons. The van der Waals surface area contributed by atoms with Gasteiger partial charge in [0.2, 0.25) is 5.91 Å². The van der Waals surface area contributed by atoms with E-state index < -0.39 is 0 Å². The van der Waals surface area contributed by atoms with Crippen molar-refractivity contribution in [3.8, 4) is 0 Å². The highest BCUT2D eigenvalue weighted by Crippen LogP contribution is 1.92. The monoisotopic (exact) mass is 363 g/mol. The maximum absolute atomic E-state index is 11.7. The van der Waals surface area contributed by atoms with Crippen LogP contribution in [-0.4, -0.2) is 67.5 Å². The molecule has 9 heteroatoms. The zero-order chi connectivity index (χ0) is 14.9. The average molecular weight is 364 g/mol. The Kier molecular flexibility index (Phi) is 11.3. The molecule has 0 atom stereocenters. The minimum atomic E-state index is -0.340. The van der Waals surface area contributed by atoms with Crippen LogP contribution in [0.25, 0.3) is 0 Å². The first-order valence-corrected chi connectivity index (χ1v) is 7.15. The lowest BCUT2D eigenvalue weighted by atomic mass is 10.3. The van der Waals surface area contributed by atoms with Crippen molar-refractivity contribution in [2.45, 2.75) is 0 Å². The van der Waals surface area contributed by atoms with Gasteiger partial charge in [0.15, 0.2) is 0 Å². The van der Waals surface area contributed by atoms with E-state index in [-0.39, 0.29) is 43.2 Å². The summed E-state index contributed by atoms with van der Waals surface area (Å²) in [6.07, 6.45) is 1.54. The largest absolute Gasteiger partial charge is 0.353 e. The van der Waals surface area contributed by atoms with Crippen LogP contribution in [0.2, 0.25) is 0 Å². The van der Waals surface area contributed by atoms with Crippen molar-refractivity contribution < 1.29 is 9.59 Å². The molecule has 1 aromatic heterocycles. The third-order valence-corrected chi connectivity index (χ3v) is 3.27. The second kappa shape index (κ2) is 12.1. The lowest BCUT2D eigenvalue weighted by molar-refractivity contribution is -0.120. The van der Waals surface area contributed by atoms with Crippen molar-refractivity contribution in [1.82, 2.24) is 25.8 Å². The van der Waals surface area contributed by atoms with Crippen molar-refractivity contribution in [1.29, 1.82) is 0 Å². The van der Waals surface area contributed by atoms with E-state index in [0.29, 0.717) is 12.2 Å². The Labute approximate surface area is 148 Å². The predicted octanol–water partition coefficient (Wildman–Crippen LogP) is -0.324. The van der Waals surface area contributed by atoms with Crippen molar-refractivity contribution in [3.05, 3.63) is 30.1 Å². The molecule has 2 heterocycles. The lowest BCUT2D eigenvalue weighted by Crippen LogP contribution is -2.47. The number of piperazine rings is 1. The molecule has 1 aliphatic rings. The Bertz CT molecular complexity index is 469. The van der Waals surface area contributed by atoms with Crippen LogP contribution in [-0.2, 0) is 4.79 Å². The van der Waals surface area contributed by atoms with E-state index in [1.165, 1.54) is 0 Å². The van der Waals surface area contributed by atoms with E-state index in [2.05, 4.69) is 25.8 Å². The van der Waals surface area contributed by atoms with Crippen LogP contribution >= 0.6 is 24.8 Å². The third-order valence-electron chi connectivity index (χ3n) is 3.27. The minimum Gasteiger partial charge on any atom is -0.353 e. The summed E-state index contributed by atoms with van der Waals surface area (Å²) in [5.41, 5.74) is 0.311. The standard InChI is InChI=1S/C14H21N5O2.2ClH/c20-13(17-7-10-19-8-5-15-6-9-19)11-18-14(21)12-3-1-2-4-16-12;;/h1-4,15H,5-11H2,(H,17,20)(H,18,21);2*1H. The van der Waals surface area contributed by atoms with Gasteiger partial charge in [-0.15, -0.1) is 24.8 Å². The highest BCUT2D eigenvalue weighted by molar-refractivity contribution is 5.94. The Morgan fingerprint density at radius 3 is 2.57 bits per heavy atom. The fourth-order valence-corrected chi connectivity index (χ4v) is 2.10. The highest BCUT2D eigenvalue weighted by atomic mass is 35.5. The zero-order valence-electron chi connectivity index (χ0n) is 12.8. The van der Waals surface area contributed by atoms with Gasteiger partial charge in [0.05, 0.1) is 6.54 Å². The predicted molar refractivity (Wildman–Crippen MR) is 93.4 cm³/mol. The number of hydrogen-bond acceptors (Lipinski definition) is 5. The van der Waals surface area contributed by atoms with Gasteiger partial charge in [0.25, 0.3) is 5.91 Å². The molecule has 1 aromatic rings. The van der Waals surface area contributed by atoms with Gasteiger partial charge in [-0.25, -0.2) is 0 Å². The first kappa shape index (κ1) is 21.6. The van der Waals surface area contributed by atoms with E-state index in [1.807, 2.05) is 0 Å². The minimum absolute atomic E-state index is 0. The molecule has 0 spiro atoms. The Balaban J connectivity index is 0.00000242. The van der Waals surface area contributed by atoms with Gasteiger partial charge in [-0.2, -0.15) is 0 Å².